The van der Waals surface area contributed by atoms with Crippen LogP contribution in [0.2, 0.25) is 0 Å². The van der Waals surface area contributed by atoms with Gasteiger partial charge in [0.2, 0.25) is 5.91 Å². The van der Waals surface area contributed by atoms with Crippen LogP contribution in [0.3, 0.4) is 0 Å². The van der Waals surface area contributed by atoms with E-state index in [-0.39, 0.29) is 18.0 Å². The zero-order valence-electron chi connectivity index (χ0n) is 11.7. The maximum Gasteiger partial charge on any atom is 0.337 e. The number of carboxylic acid groups (broad SMARTS) is 1. The minimum Gasteiger partial charge on any atom is -0.478 e. The quantitative estimate of drug-likeness (QED) is 0.909. The molecule has 0 radical (unpaired) electrons. The third-order valence-corrected chi connectivity index (χ3v) is 3.44. The fourth-order valence-corrected chi connectivity index (χ4v) is 2.39. The summed E-state index contributed by atoms with van der Waals surface area (Å²) >= 11 is 0. The zero-order chi connectivity index (χ0) is 14.7. The van der Waals surface area contributed by atoms with Crippen LogP contribution in [0.15, 0.2) is 30.5 Å². The summed E-state index contributed by atoms with van der Waals surface area (Å²) < 4.78 is 1.71. The molecule has 0 fully saturated rings. The number of fused-ring (bicyclic) bond motifs is 1. The number of aromatic nitrogens is 1. The maximum absolute atomic E-state index is 12.2. The molecule has 0 spiro atoms. The Morgan fingerprint density at radius 2 is 1.90 bits per heavy atom. The Bertz CT molecular complexity index is 642. The smallest absolute Gasteiger partial charge is 0.337 e. The van der Waals surface area contributed by atoms with Gasteiger partial charge < -0.3 is 14.6 Å². The lowest BCUT2D eigenvalue weighted by molar-refractivity contribution is -0.131. The lowest BCUT2D eigenvalue weighted by atomic mass is 10.1. The van der Waals surface area contributed by atoms with Gasteiger partial charge in [0.25, 0.3) is 0 Å². The van der Waals surface area contributed by atoms with E-state index >= 15 is 0 Å². The van der Waals surface area contributed by atoms with E-state index in [2.05, 4.69) is 0 Å². The van der Waals surface area contributed by atoms with Gasteiger partial charge in [-0.2, -0.15) is 0 Å². The SMILES string of the molecule is CCN(CC)C(=O)Cn1ccc2cccc(C(=O)O)c21. The molecule has 0 unspecified atom stereocenters. The number of carboxylic acids is 1. The van der Waals surface area contributed by atoms with Gasteiger partial charge in [0, 0.05) is 24.7 Å². The van der Waals surface area contributed by atoms with Crippen molar-refractivity contribution in [2.75, 3.05) is 13.1 Å². The highest BCUT2D eigenvalue weighted by Crippen LogP contribution is 2.20. The molecule has 0 bridgehead atoms. The molecule has 5 heteroatoms. The van der Waals surface area contributed by atoms with E-state index < -0.39 is 5.97 Å². The molecule has 0 atom stereocenters. The van der Waals surface area contributed by atoms with E-state index in [1.54, 1.807) is 27.8 Å². The van der Waals surface area contributed by atoms with Crippen LogP contribution in [0.25, 0.3) is 10.9 Å². The van der Waals surface area contributed by atoms with E-state index in [4.69, 9.17) is 0 Å². The van der Waals surface area contributed by atoms with Crippen LogP contribution in [0.5, 0.6) is 0 Å². The Hall–Kier alpha value is -2.30. The number of likely N-dealkylation sites (N-methyl/N-ethyl adjacent to an activating group) is 1. The number of carbonyl (C=O) groups is 2. The molecule has 5 nitrogen and oxygen atoms in total. The normalized spacial score (nSPS) is 10.7. The summed E-state index contributed by atoms with van der Waals surface area (Å²) in [7, 11) is 0. The third kappa shape index (κ3) is 2.52. The number of aromatic carboxylic acids is 1. The number of nitrogens with zero attached hydrogens (tertiary/aromatic N) is 2. The van der Waals surface area contributed by atoms with E-state index in [0.717, 1.165) is 5.39 Å². The van der Waals surface area contributed by atoms with Crippen LogP contribution >= 0.6 is 0 Å². The maximum atomic E-state index is 12.2. The average molecular weight is 274 g/mol. The number of benzene rings is 1. The highest BCUT2D eigenvalue weighted by atomic mass is 16.4. The van der Waals surface area contributed by atoms with Crippen molar-refractivity contribution in [1.29, 1.82) is 0 Å². The van der Waals surface area contributed by atoms with Crippen molar-refractivity contribution in [2.24, 2.45) is 0 Å². The number of carbonyl (C=O) groups excluding carboxylic acids is 1. The van der Waals surface area contributed by atoms with Gasteiger partial charge >= 0.3 is 5.97 Å². The molecule has 0 aliphatic carbocycles. The van der Waals surface area contributed by atoms with Crippen molar-refractivity contribution in [3.63, 3.8) is 0 Å². The molecule has 1 N–H and O–H groups in total. The minimum absolute atomic E-state index is 0.00677. The molecule has 1 aromatic heterocycles. The standard InChI is InChI=1S/C15H18N2O3/c1-3-16(4-2)13(18)10-17-9-8-11-6-5-7-12(14(11)17)15(19)20/h5-9H,3-4,10H2,1-2H3,(H,19,20). The van der Waals surface area contributed by atoms with Crippen LogP contribution < -0.4 is 0 Å². The van der Waals surface area contributed by atoms with Gasteiger partial charge in [0.1, 0.15) is 6.54 Å². The predicted molar refractivity (Wildman–Crippen MR) is 76.8 cm³/mol. The molecule has 1 heterocycles. The number of rotatable bonds is 5. The number of amides is 1. The van der Waals surface area contributed by atoms with E-state index in [9.17, 15) is 14.7 Å². The summed E-state index contributed by atoms with van der Waals surface area (Å²) in [5.41, 5.74) is 0.820. The predicted octanol–water partition coefficient (Wildman–Crippen LogP) is 2.21. The Morgan fingerprint density at radius 3 is 2.50 bits per heavy atom. The van der Waals surface area contributed by atoms with Gasteiger partial charge in [-0.25, -0.2) is 4.79 Å². The van der Waals surface area contributed by atoms with Crippen molar-refractivity contribution in [1.82, 2.24) is 9.47 Å². The van der Waals surface area contributed by atoms with Gasteiger partial charge in [-0.1, -0.05) is 12.1 Å². The molecule has 20 heavy (non-hydrogen) atoms. The zero-order valence-corrected chi connectivity index (χ0v) is 11.7. The van der Waals surface area contributed by atoms with Crippen LogP contribution in [0.1, 0.15) is 24.2 Å². The van der Waals surface area contributed by atoms with Gasteiger partial charge in [-0.05, 0) is 26.0 Å². The first kappa shape index (κ1) is 14.1. The summed E-state index contributed by atoms with van der Waals surface area (Å²) in [6, 6.07) is 6.95. The Morgan fingerprint density at radius 1 is 1.20 bits per heavy atom. The Labute approximate surface area is 117 Å². The van der Waals surface area contributed by atoms with Crippen LogP contribution in [-0.2, 0) is 11.3 Å². The monoisotopic (exact) mass is 274 g/mol. The summed E-state index contributed by atoms with van der Waals surface area (Å²) in [6.45, 7) is 5.33. The van der Waals surface area contributed by atoms with Crippen LogP contribution in [0, 0.1) is 0 Å². The van der Waals surface area contributed by atoms with Gasteiger partial charge in [0.15, 0.2) is 0 Å². The van der Waals surface area contributed by atoms with E-state index in [1.165, 1.54) is 0 Å². The second-order valence-electron chi connectivity index (χ2n) is 4.56. The first-order valence-corrected chi connectivity index (χ1v) is 6.67. The Kier molecular flexibility index (Phi) is 4.08. The molecule has 106 valence electrons. The molecular formula is C15H18N2O3. The van der Waals surface area contributed by atoms with Gasteiger partial charge in [-0.15, -0.1) is 0 Å². The van der Waals surface area contributed by atoms with Crippen LogP contribution in [-0.4, -0.2) is 39.5 Å². The number of hydrogen-bond acceptors (Lipinski definition) is 2. The highest BCUT2D eigenvalue weighted by molar-refractivity contribution is 6.02. The Balaban J connectivity index is 2.40. The minimum atomic E-state index is -0.981. The van der Waals surface area contributed by atoms with E-state index in [0.29, 0.717) is 18.6 Å². The molecule has 0 saturated carbocycles. The summed E-state index contributed by atoms with van der Waals surface area (Å²) in [5, 5.41) is 10.1. The molecule has 2 aromatic rings. The fourth-order valence-electron chi connectivity index (χ4n) is 2.39. The van der Waals surface area contributed by atoms with Crippen molar-refractivity contribution in [3.8, 4) is 0 Å². The number of hydrogen-bond donors (Lipinski definition) is 1. The highest BCUT2D eigenvalue weighted by Gasteiger charge is 2.15. The molecule has 1 amide bonds. The van der Waals surface area contributed by atoms with Crippen molar-refractivity contribution < 1.29 is 14.7 Å². The molecule has 0 aliphatic heterocycles. The summed E-state index contributed by atoms with van der Waals surface area (Å²) in [5.74, 6) is -0.987. The van der Waals surface area contributed by atoms with Crippen molar-refractivity contribution in [2.45, 2.75) is 20.4 Å². The number of para-hydroxylation sites is 1. The second kappa shape index (κ2) is 5.77. The first-order chi connectivity index (χ1) is 9.58. The van der Waals surface area contributed by atoms with Crippen molar-refractivity contribution in [3.05, 3.63) is 36.0 Å². The topological polar surface area (TPSA) is 62.5 Å². The van der Waals surface area contributed by atoms with Gasteiger partial charge in [-0.3, -0.25) is 4.79 Å². The second-order valence-corrected chi connectivity index (χ2v) is 4.56. The largest absolute Gasteiger partial charge is 0.478 e. The summed E-state index contributed by atoms with van der Waals surface area (Å²) in [6.07, 6.45) is 1.76. The third-order valence-electron chi connectivity index (χ3n) is 3.44. The van der Waals surface area contributed by atoms with Crippen LogP contribution in [0.4, 0.5) is 0 Å². The lowest BCUT2D eigenvalue weighted by Crippen LogP contribution is -2.33. The van der Waals surface area contributed by atoms with Gasteiger partial charge in [0.05, 0.1) is 11.1 Å². The molecular weight excluding hydrogens is 256 g/mol. The molecule has 1 aromatic carbocycles. The fraction of sp³-hybridized carbons (Fsp3) is 0.333. The molecule has 0 aliphatic rings. The summed E-state index contributed by atoms with van der Waals surface area (Å²) in [4.78, 5) is 25.2. The van der Waals surface area contributed by atoms with Crippen molar-refractivity contribution >= 4 is 22.8 Å². The molecule has 2 rings (SSSR count). The molecule has 0 saturated heterocycles. The average Bonchev–Trinajstić information content (AvgIpc) is 2.83. The first-order valence-electron chi connectivity index (χ1n) is 6.67. The van der Waals surface area contributed by atoms with E-state index in [1.807, 2.05) is 26.0 Å². The lowest BCUT2D eigenvalue weighted by Gasteiger charge is -2.19.